The molecule has 0 aliphatic carbocycles. The summed E-state index contributed by atoms with van der Waals surface area (Å²) in [4.78, 5) is 28.3. The van der Waals surface area contributed by atoms with Gasteiger partial charge in [-0.3, -0.25) is 14.6 Å². The first kappa shape index (κ1) is 13.9. The van der Waals surface area contributed by atoms with E-state index in [4.69, 9.17) is 0 Å². The van der Waals surface area contributed by atoms with E-state index in [0.29, 0.717) is 19.5 Å². The van der Waals surface area contributed by atoms with Crippen molar-refractivity contribution >= 4 is 11.8 Å². The molecule has 0 aliphatic rings. The third-order valence-electron chi connectivity index (χ3n) is 2.43. The van der Waals surface area contributed by atoms with Crippen LogP contribution < -0.4 is 5.32 Å². The minimum atomic E-state index is -0.605. The molecule has 18 heavy (non-hydrogen) atoms. The first-order chi connectivity index (χ1) is 8.65. The zero-order valence-electron chi connectivity index (χ0n) is 10.4. The molecule has 0 spiro atoms. The van der Waals surface area contributed by atoms with E-state index >= 15 is 0 Å². The molecule has 2 amide bonds. The Bertz CT molecular complexity index is 418. The number of amides is 2. The number of carbonyl (C=O) groups excluding carboxylic acids is 2. The highest BCUT2D eigenvalue weighted by Crippen LogP contribution is 1.99. The number of aromatic nitrogens is 1. The minimum Gasteiger partial charge on any atom is -0.344 e. The fourth-order valence-corrected chi connectivity index (χ4v) is 1.36. The largest absolute Gasteiger partial charge is 0.344 e. The van der Waals surface area contributed by atoms with Gasteiger partial charge in [0.2, 0.25) is 0 Å². The molecule has 0 atom stereocenters. The number of likely N-dealkylation sites (N-methyl/N-ethyl adjacent to an activating group) is 1. The maximum Gasteiger partial charge on any atom is 0.311 e. The Balaban J connectivity index is 2.40. The number of carbonyl (C=O) groups is 2. The summed E-state index contributed by atoms with van der Waals surface area (Å²) in [6.07, 6.45) is 5.63. The van der Waals surface area contributed by atoms with E-state index in [9.17, 15) is 9.59 Å². The van der Waals surface area contributed by atoms with Crippen molar-refractivity contribution in [3.63, 3.8) is 0 Å². The van der Waals surface area contributed by atoms with E-state index in [1.807, 2.05) is 12.1 Å². The van der Waals surface area contributed by atoms with Gasteiger partial charge in [-0.2, -0.15) is 0 Å². The number of nitrogens with one attached hydrogen (secondary N) is 1. The summed E-state index contributed by atoms with van der Waals surface area (Å²) in [5.41, 5.74) is 1.08. The van der Waals surface area contributed by atoms with Crippen LogP contribution in [0.5, 0.6) is 0 Å². The molecule has 0 aliphatic heterocycles. The second-order valence-electron chi connectivity index (χ2n) is 3.83. The van der Waals surface area contributed by atoms with Crippen LogP contribution in [0.15, 0.2) is 37.2 Å². The Hall–Kier alpha value is -2.17. The average molecular weight is 247 g/mol. The van der Waals surface area contributed by atoms with Gasteiger partial charge in [0.25, 0.3) is 0 Å². The van der Waals surface area contributed by atoms with Gasteiger partial charge >= 0.3 is 11.8 Å². The van der Waals surface area contributed by atoms with Crippen LogP contribution in [0.25, 0.3) is 0 Å². The monoisotopic (exact) mass is 247 g/mol. The maximum absolute atomic E-state index is 11.6. The topological polar surface area (TPSA) is 62.3 Å². The molecule has 5 nitrogen and oxygen atoms in total. The molecule has 0 saturated heterocycles. The fourth-order valence-electron chi connectivity index (χ4n) is 1.36. The summed E-state index contributed by atoms with van der Waals surface area (Å²) in [5, 5.41) is 2.45. The number of nitrogens with zero attached hydrogens (tertiary/aromatic N) is 2. The van der Waals surface area contributed by atoms with E-state index in [2.05, 4.69) is 16.9 Å². The van der Waals surface area contributed by atoms with Gasteiger partial charge in [0.15, 0.2) is 0 Å². The van der Waals surface area contributed by atoms with Crippen LogP contribution in [0, 0.1) is 0 Å². The van der Waals surface area contributed by atoms with Crippen molar-refractivity contribution in [1.29, 1.82) is 0 Å². The second kappa shape index (κ2) is 7.21. The van der Waals surface area contributed by atoms with Crippen LogP contribution in [0.2, 0.25) is 0 Å². The molecule has 1 aromatic rings. The van der Waals surface area contributed by atoms with E-state index in [-0.39, 0.29) is 0 Å². The molecule has 5 heteroatoms. The van der Waals surface area contributed by atoms with Gasteiger partial charge in [0, 0.05) is 32.5 Å². The predicted molar refractivity (Wildman–Crippen MR) is 68.8 cm³/mol. The van der Waals surface area contributed by atoms with Crippen molar-refractivity contribution < 1.29 is 9.59 Å². The normalized spacial score (nSPS) is 9.61. The summed E-state index contributed by atoms with van der Waals surface area (Å²) in [6, 6.07) is 3.77. The summed E-state index contributed by atoms with van der Waals surface area (Å²) >= 11 is 0. The Morgan fingerprint density at radius 3 is 2.72 bits per heavy atom. The summed E-state index contributed by atoms with van der Waals surface area (Å²) in [7, 11) is 1.61. The van der Waals surface area contributed by atoms with Gasteiger partial charge in [-0.05, 0) is 24.1 Å². The first-order valence-corrected chi connectivity index (χ1v) is 5.68. The smallest absolute Gasteiger partial charge is 0.311 e. The standard InChI is InChI=1S/C13H17N3O2/c1-3-7-15-12(17)13(18)16(2)10-6-11-4-8-14-9-5-11/h3-5,8-9H,1,6-7,10H2,2H3,(H,15,17). The van der Waals surface area contributed by atoms with Gasteiger partial charge < -0.3 is 10.2 Å². The molecule has 1 rings (SSSR count). The lowest BCUT2D eigenvalue weighted by Crippen LogP contribution is -2.41. The molecular weight excluding hydrogens is 230 g/mol. The zero-order chi connectivity index (χ0) is 13.4. The van der Waals surface area contributed by atoms with Crippen LogP contribution >= 0.6 is 0 Å². The maximum atomic E-state index is 11.6. The van der Waals surface area contributed by atoms with Crippen molar-refractivity contribution in [2.24, 2.45) is 0 Å². The van der Waals surface area contributed by atoms with E-state index in [0.717, 1.165) is 5.56 Å². The van der Waals surface area contributed by atoms with Gasteiger partial charge in [-0.15, -0.1) is 6.58 Å². The van der Waals surface area contributed by atoms with Crippen molar-refractivity contribution in [2.45, 2.75) is 6.42 Å². The van der Waals surface area contributed by atoms with E-state index < -0.39 is 11.8 Å². The highest BCUT2D eigenvalue weighted by molar-refractivity contribution is 6.34. The molecule has 0 radical (unpaired) electrons. The van der Waals surface area contributed by atoms with Crippen LogP contribution in [0.1, 0.15) is 5.56 Å². The summed E-state index contributed by atoms with van der Waals surface area (Å²) < 4.78 is 0. The Morgan fingerprint density at radius 2 is 2.11 bits per heavy atom. The average Bonchev–Trinajstić information content (AvgIpc) is 2.42. The van der Waals surface area contributed by atoms with Crippen LogP contribution in [0.4, 0.5) is 0 Å². The molecule has 0 bridgehead atoms. The lowest BCUT2D eigenvalue weighted by atomic mass is 10.2. The minimum absolute atomic E-state index is 0.294. The molecule has 1 heterocycles. The SMILES string of the molecule is C=CCNC(=O)C(=O)N(C)CCc1ccncc1. The van der Waals surface area contributed by atoms with Gasteiger partial charge in [-0.25, -0.2) is 0 Å². The zero-order valence-corrected chi connectivity index (χ0v) is 10.4. The number of rotatable bonds is 5. The Morgan fingerprint density at radius 1 is 1.44 bits per heavy atom. The highest BCUT2D eigenvalue weighted by Gasteiger charge is 2.17. The van der Waals surface area contributed by atoms with Gasteiger partial charge in [0.05, 0.1) is 0 Å². The molecule has 96 valence electrons. The Labute approximate surface area is 107 Å². The quantitative estimate of drug-likeness (QED) is 0.604. The van der Waals surface area contributed by atoms with E-state index in [1.54, 1.807) is 19.4 Å². The van der Waals surface area contributed by atoms with Crippen molar-refractivity contribution in [3.8, 4) is 0 Å². The molecule has 1 N–H and O–H groups in total. The molecular formula is C13H17N3O2. The van der Waals surface area contributed by atoms with E-state index in [1.165, 1.54) is 11.0 Å². The highest BCUT2D eigenvalue weighted by atomic mass is 16.2. The van der Waals surface area contributed by atoms with Crippen molar-refractivity contribution in [3.05, 3.63) is 42.7 Å². The van der Waals surface area contributed by atoms with Crippen LogP contribution in [-0.4, -0.2) is 41.8 Å². The van der Waals surface area contributed by atoms with Crippen LogP contribution in [-0.2, 0) is 16.0 Å². The van der Waals surface area contributed by atoms with Gasteiger partial charge in [0.1, 0.15) is 0 Å². The molecule has 1 aromatic heterocycles. The van der Waals surface area contributed by atoms with Crippen molar-refractivity contribution in [2.75, 3.05) is 20.1 Å². The summed E-state index contributed by atoms with van der Waals surface area (Å²) in [6.45, 7) is 4.25. The van der Waals surface area contributed by atoms with Gasteiger partial charge in [-0.1, -0.05) is 6.08 Å². The van der Waals surface area contributed by atoms with Crippen molar-refractivity contribution in [1.82, 2.24) is 15.2 Å². The number of pyridine rings is 1. The lowest BCUT2D eigenvalue weighted by molar-refractivity contribution is -0.144. The first-order valence-electron chi connectivity index (χ1n) is 5.68. The number of hydrogen-bond donors (Lipinski definition) is 1. The summed E-state index contributed by atoms with van der Waals surface area (Å²) in [5.74, 6) is -1.14. The Kier molecular flexibility index (Phi) is 5.57. The molecule has 0 saturated carbocycles. The molecule has 0 unspecified atom stereocenters. The second-order valence-corrected chi connectivity index (χ2v) is 3.83. The fraction of sp³-hybridized carbons (Fsp3) is 0.308. The third-order valence-corrected chi connectivity index (χ3v) is 2.43. The lowest BCUT2D eigenvalue weighted by Gasteiger charge is -2.16. The predicted octanol–water partition coefficient (Wildman–Crippen LogP) is 0.385. The molecule has 0 fully saturated rings. The number of hydrogen-bond acceptors (Lipinski definition) is 3. The van der Waals surface area contributed by atoms with Crippen LogP contribution in [0.3, 0.4) is 0 Å². The third kappa shape index (κ3) is 4.37. The molecule has 0 aromatic carbocycles.